The number of anilines is 1. The minimum absolute atomic E-state index is 0.0695. The van der Waals surface area contributed by atoms with E-state index in [-0.39, 0.29) is 12.1 Å². The summed E-state index contributed by atoms with van der Waals surface area (Å²) in [7, 11) is 0. The number of aromatic nitrogens is 2. The van der Waals surface area contributed by atoms with Crippen LogP contribution >= 0.6 is 0 Å². The second-order valence-electron chi connectivity index (χ2n) is 4.50. The largest absolute Gasteiger partial charge is 0.406 e. The highest BCUT2D eigenvalue weighted by Gasteiger charge is 2.14. The quantitative estimate of drug-likeness (QED) is 0.836. The molecule has 5 nitrogen and oxygen atoms in total. The van der Waals surface area contributed by atoms with Gasteiger partial charge in [0.2, 0.25) is 5.89 Å². The van der Waals surface area contributed by atoms with Gasteiger partial charge in [0, 0.05) is 0 Å². The lowest BCUT2D eigenvalue weighted by Gasteiger charge is -2.11. The van der Waals surface area contributed by atoms with Gasteiger partial charge in [-0.3, -0.25) is 0 Å². The van der Waals surface area contributed by atoms with Crippen LogP contribution in [0.4, 0.5) is 6.01 Å². The second-order valence-corrected chi connectivity index (χ2v) is 4.50. The Balaban J connectivity index is 2.00. The van der Waals surface area contributed by atoms with Crippen LogP contribution in [0.15, 0.2) is 34.7 Å². The van der Waals surface area contributed by atoms with Crippen LogP contribution < -0.4 is 10.6 Å². The number of hydrogen-bond acceptors (Lipinski definition) is 5. The molecule has 19 heavy (non-hydrogen) atoms. The minimum atomic E-state index is 0.0695. The summed E-state index contributed by atoms with van der Waals surface area (Å²) < 4.78 is 5.59. The molecule has 5 heteroatoms. The Morgan fingerprint density at radius 3 is 2.53 bits per heavy atom. The maximum atomic E-state index is 5.59. The molecule has 1 aromatic carbocycles. The Bertz CT molecular complexity index is 497. The van der Waals surface area contributed by atoms with Gasteiger partial charge in [0.15, 0.2) is 0 Å². The van der Waals surface area contributed by atoms with Gasteiger partial charge in [-0.05, 0) is 26.0 Å². The molecule has 2 unspecified atom stereocenters. The predicted octanol–water partition coefficient (Wildman–Crippen LogP) is 2.91. The van der Waals surface area contributed by atoms with Crippen molar-refractivity contribution in [1.82, 2.24) is 15.5 Å². The van der Waals surface area contributed by atoms with Crippen molar-refractivity contribution in [2.75, 3.05) is 11.9 Å². The zero-order valence-corrected chi connectivity index (χ0v) is 11.6. The van der Waals surface area contributed by atoms with Crippen LogP contribution in [0.3, 0.4) is 0 Å². The van der Waals surface area contributed by atoms with Crippen molar-refractivity contribution in [1.29, 1.82) is 0 Å². The van der Waals surface area contributed by atoms with E-state index in [0.717, 1.165) is 6.54 Å². The monoisotopic (exact) mass is 260 g/mol. The average molecular weight is 260 g/mol. The summed E-state index contributed by atoms with van der Waals surface area (Å²) in [4.78, 5) is 0. The number of hydrogen-bond donors (Lipinski definition) is 2. The summed E-state index contributed by atoms with van der Waals surface area (Å²) in [6.07, 6.45) is 0. The van der Waals surface area contributed by atoms with Crippen molar-refractivity contribution < 1.29 is 4.42 Å². The lowest BCUT2D eigenvalue weighted by molar-refractivity contribution is 0.427. The fraction of sp³-hybridized carbons (Fsp3) is 0.429. The van der Waals surface area contributed by atoms with Crippen molar-refractivity contribution in [2.45, 2.75) is 32.9 Å². The first-order valence-corrected chi connectivity index (χ1v) is 6.59. The zero-order chi connectivity index (χ0) is 13.7. The molecule has 1 aromatic heterocycles. The Morgan fingerprint density at radius 1 is 1.11 bits per heavy atom. The van der Waals surface area contributed by atoms with Gasteiger partial charge in [-0.2, -0.15) is 0 Å². The van der Waals surface area contributed by atoms with Crippen LogP contribution in [0.1, 0.15) is 44.3 Å². The SMILES string of the molecule is CCNC(C)c1nnc(NC(C)c2ccccc2)o1. The Hall–Kier alpha value is -1.88. The lowest BCUT2D eigenvalue weighted by atomic mass is 10.1. The molecule has 0 amide bonds. The van der Waals surface area contributed by atoms with Crippen molar-refractivity contribution in [3.63, 3.8) is 0 Å². The van der Waals surface area contributed by atoms with Gasteiger partial charge >= 0.3 is 6.01 Å². The Kier molecular flexibility index (Phi) is 4.52. The van der Waals surface area contributed by atoms with E-state index in [4.69, 9.17) is 4.42 Å². The van der Waals surface area contributed by atoms with E-state index in [0.29, 0.717) is 11.9 Å². The molecule has 102 valence electrons. The number of benzene rings is 1. The van der Waals surface area contributed by atoms with Gasteiger partial charge in [-0.25, -0.2) is 0 Å². The molecule has 2 N–H and O–H groups in total. The highest BCUT2D eigenvalue weighted by atomic mass is 16.4. The van der Waals surface area contributed by atoms with Crippen LogP contribution in [0.2, 0.25) is 0 Å². The molecular formula is C14H20N4O. The number of rotatable bonds is 6. The van der Waals surface area contributed by atoms with Crippen LogP contribution in [0.25, 0.3) is 0 Å². The summed E-state index contributed by atoms with van der Waals surface area (Å²) in [5.41, 5.74) is 1.18. The van der Waals surface area contributed by atoms with Gasteiger partial charge in [-0.15, -0.1) is 5.10 Å². The second kappa shape index (κ2) is 6.33. The van der Waals surface area contributed by atoms with Crippen LogP contribution in [0, 0.1) is 0 Å². The van der Waals surface area contributed by atoms with Crippen molar-refractivity contribution in [2.24, 2.45) is 0 Å². The van der Waals surface area contributed by atoms with Crippen LogP contribution in [-0.4, -0.2) is 16.7 Å². The number of nitrogens with one attached hydrogen (secondary N) is 2. The summed E-state index contributed by atoms with van der Waals surface area (Å²) >= 11 is 0. The summed E-state index contributed by atoms with van der Waals surface area (Å²) in [5, 5.41) is 14.5. The van der Waals surface area contributed by atoms with Crippen molar-refractivity contribution in [3.8, 4) is 0 Å². The lowest BCUT2D eigenvalue weighted by Crippen LogP contribution is -2.17. The highest BCUT2D eigenvalue weighted by Crippen LogP contribution is 2.19. The Morgan fingerprint density at radius 2 is 1.84 bits per heavy atom. The standard InChI is InChI=1S/C14H20N4O/c1-4-15-11(3)13-17-18-14(19-13)16-10(2)12-8-6-5-7-9-12/h5-11,15H,4H2,1-3H3,(H,16,18). The highest BCUT2D eigenvalue weighted by molar-refractivity contribution is 5.28. The molecule has 2 aromatic rings. The van der Waals surface area contributed by atoms with Gasteiger partial charge in [-0.1, -0.05) is 42.4 Å². The zero-order valence-electron chi connectivity index (χ0n) is 11.6. The molecule has 0 saturated carbocycles. The molecule has 0 aliphatic carbocycles. The molecular weight excluding hydrogens is 240 g/mol. The molecule has 2 atom stereocenters. The fourth-order valence-electron chi connectivity index (χ4n) is 1.87. The summed E-state index contributed by atoms with van der Waals surface area (Å²) in [6, 6.07) is 10.8. The van der Waals surface area contributed by atoms with Gasteiger partial charge in [0.1, 0.15) is 0 Å². The third-order valence-corrected chi connectivity index (χ3v) is 2.96. The maximum absolute atomic E-state index is 5.59. The molecule has 0 bridgehead atoms. The molecule has 1 heterocycles. The third kappa shape index (κ3) is 3.54. The van der Waals surface area contributed by atoms with E-state index in [1.54, 1.807) is 0 Å². The van der Waals surface area contributed by atoms with E-state index in [9.17, 15) is 0 Å². The first-order valence-electron chi connectivity index (χ1n) is 6.59. The van der Waals surface area contributed by atoms with Gasteiger partial charge < -0.3 is 15.1 Å². The molecule has 0 aliphatic rings. The molecule has 0 spiro atoms. The minimum Gasteiger partial charge on any atom is -0.406 e. The predicted molar refractivity (Wildman–Crippen MR) is 74.9 cm³/mol. The number of nitrogens with zero attached hydrogens (tertiary/aromatic N) is 2. The fourth-order valence-corrected chi connectivity index (χ4v) is 1.87. The Labute approximate surface area is 113 Å². The van der Waals surface area contributed by atoms with E-state index in [2.05, 4.69) is 39.9 Å². The first-order chi connectivity index (χ1) is 9.20. The maximum Gasteiger partial charge on any atom is 0.315 e. The van der Waals surface area contributed by atoms with Crippen LogP contribution in [0.5, 0.6) is 0 Å². The first kappa shape index (κ1) is 13.5. The van der Waals surface area contributed by atoms with Crippen molar-refractivity contribution >= 4 is 6.01 Å². The van der Waals surface area contributed by atoms with E-state index in [1.807, 2.05) is 32.0 Å². The van der Waals surface area contributed by atoms with Gasteiger partial charge in [0.25, 0.3) is 0 Å². The van der Waals surface area contributed by atoms with E-state index >= 15 is 0 Å². The smallest absolute Gasteiger partial charge is 0.315 e. The summed E-state index contributed by atoms with van der Waals surface area (Å²) in [5.74, 6) is 0.601. The molecule has 0 saturated heterocycles. The van der Waals surface area contributed by atoms with Crippen molar-refractivity contribution in [3.05, 3.63) is 41.8 Å². The van der Waals surface area contributed by atoms with E-state index < -0.39 is 0 Å². The third-order valence-electron chi connectivity index (χ3n) is 2.96. The molecule has 0 fully saturated rings. The molecule has 2 rings (SSSR count). The van der Waals surface area contributed by atoms with Gasteiger partial charge in [0.05, 0.1) is 12.1 Å². The topological polar surface area (TPSA) is 63.0 Å². The molecule has 0 aliphatic heterocycles. The van der Waals surface area contributed by atoms with E-state index in [1.165, 1.54) is 5.56 Å². The molecule has 0 radical (unpaired) electrons. The van der Waals surface area contributed by atoms with Crippen LogP contribution in [-0.2, 0) is 0 Å². The normalized spacial score (nSPS) is 14.1. The average Bonchev–Trinajstić information content (AvgIpc) is 2.88. The summed E-state index contributed by atoms with van der Waals surface area (Å²) in [6.45, 7) is 6.98.